The van der Waals surface area contributed by atoms with Gasteiger partial charge in [0.1, 0.15) is 0 Å². The Morgan fingerprint density at radius 3 is 2.84 bits per heavy atom. The van der Waals surface area contributed by atoms with Crippen molar-refractivity contribution < 1.29 is 18.3 Å². The third-order valence-electron chi connectivity index (χ3n) is 4.75. The fraction of sp³-hybridized carbons (Fsp3) is 0.471. The molecule has 4 rings (SSSR count). The Bertz CT molecular complexity index is 722. The van der Waals surface area contributed by atoms with Crippen molar-refractivity contribution >= 4 is 11.9 Å². The molecule has 0 aromatic carbocycles. The number of halogens is 1. The highest BCUT2D eigenvalue weighted by molar-refractivity contribution is 5.91. The second-order valence-electron chi connectivity index (χ2n) is 6.33. The Kier molecular flexibility index (Phi) is 4.35. The Labute approximate surface area is 144 Å². The van der Waals surface area contributed by atoms with E-state index in [4.69, 9.17) is 9.15 Å². The molecule has 2 aromatic heterocycles. The Morgan fingerprint density at radius 1 is 1.24 bits per heavy atom. The van der Waals surface area contributed by atoms with Crippen molar-refractivity contribution in [3.63, 3.8) is 0 Å². The largest absolute Gasteiger partial charge is 0.459 e. The number of carbonyl (C=O) groups is 1. The van der Waals surface area contributed by atoms with Crippen molar-refractivity contribution in [1.29, 1.82) is 0 Å². The van der Waals surface area contributed by atoms with Crippen molar-refractivity contribution in [2.45, 2.75) is 12.5 Å². The maximum Gasteiger partial charge on any atom is 0.289 e. The molecule has 2 aliphatic rings. The number of fused-ring (bicyclic) bond motifs is 1. The number of aromatic nitrogens is 2. The van der Waals surface area contributed by atoms with Gasteiger partial charge in [-0.2, -0.15) is 0 Å². The summed E-state index contributed by atoms with van der Waals surface area (Å²) in [6.45, 7) is 3.05. The fourth-order valence-corrected chi connectivity index (χ4v) is 3.44. The lowest BCUT2D eigenvalue weighted by atomic mass is 9.93. The Morgan fingerprint density at radius 2 is 2.08 bits per heavy atom. The van der Waals surface area contributed by atoms with Gasteiger partial charge in [-0.25, -0.2) is 14.4 Å². The van der Waals surface area contributed by atoms with Crippen LogP contribution in [0.1, 0.15) is 17.0 Å². The molecule has 0 bridgehead atoms. The molecular formula is C17H19FN4O3. The lowest BCUT2D eigenvalue weighted by Gasteiger charge is -2.37. The summed E-state index contributed by atoms with van der Waals surface area (Å²) in [4.78, 5) is 24.4. The topological polar surface area (TPSA) is 71.7 Å². The van der Waals surface area contributed by atoms with Gasteiger partial charge >= 0.3 is 0 Å². The van der Waals surface area contributed by atoms with Gasteiger partial charge in [0.05, 0.1) is 31.4 Å². The second-order valence-corrected chi connectivity index (χ2v) is 6.33. The first-order chi connectivity index (χ1) is 12.2. The lowest BCUT2D eigenvalue weighted by molar-refractivity contribution is 0.0249. The van der Waals surface area contributed by atoms with Crippen LogP contribution >= 0.6 is 0 Å². The number of hydrogen-bond donors (Lipinski definition) is 0. The van der Waals surface area contributed by atoms with Gasteiger partial charge in [0, 0.05) is 32.1 Å². The molecule has 2 atom stereocenters. The van der Waals surface area contributed by atoms with E-state index in [1.54, 1.807) is 17.0 Å². The maximum atomic E-state index is 13.0. The van der Waals surface area contributed by atoms with E-state index >= 15 is 0 Å². The van der Waals surface area contributed by atoms with E-state index < -0.39 is 5.82 Å². The SMILES string of the molecule is O=C(c1ccco1)N1CCO[C@H]2CN(c3ncc(F)cn3)CC[C@H]2C1. The molecule has 2 saturated heterocycles. The quantitative estimate of drug-likeness (QED) is 0.822. The highest BCUT2D eigenvalue weighted by Crippen LogP contribution is 2.26. The molecule has 1 amide bonds. The van der Waals surface area contributed by atoms with Crippen molar-refractivity contribution in [2.75, 3.05) is 37.7 Å². The molecule has 4 heterocycles. The summed E-state index contributed by atoms with van der Waals surface area (Å²) in [6, 6.07) is 3.39. The van der Waals surface area contributed by atoms with Gasteiger partial charge in [0.15, 0.2) is 11.6 Å². The predicted octanol–water partition coefficient (Wildman–Crippen LogP) is 1.58. The molecule has 0 N–H and O–H groups in total. The number of rotatable bonds is 2. The zero-order valence-electron chi connectivity index (χ0n) is 13.7. The fourth-order valence-electron chi connectivity index (χ4n) is 3.44. The number of piperidine rings is 1. The van der Waals surface area contributed by atoms with Gasteiger partial charge in [-0.05, 0) is 18.6 Å². The molecule has 0 spiro atoms. The lowest BCUT2D eigenvalue weighted by Crippen LogP contribution is -2.48. The Hall–Kier alpha value is -2.48. The van der Waals surface area contributed by atoms with E-state index in [1.165, 1.54) is 18.7 Å². The molecule has 0 aliphatic carbocycles. The van der Waals surface area contributed by atoms with Crippen LogP contribution in [0.4, 0.5) is 10.3 Å². The highest BCUT2D eigenvalue weighted by atomic mass is 19.1. The normalized spacial score (nSPS) is 23.9. The van der Waals surface area contributed by atoms with Crippen molar-refractivity contribution in [3.05, 3.63) is 42.4 Å². The van der Waals surface area contributed by atoms with Crippen LogP contribution in [0, 0.1) is 11.7 Å². The van der Waals surface area contributed by atoms with Crippen molar-refractivity contribution in [1.82, 2.24) is 14.9 Å². The van der Waals surface area contributed by atoms with Crippen LogP contribution in [0.2, 0.25) is 0 Å². The van der Waals surface area contributed by atoms with E-state index in [1.807, 2.05) is 4.90 Å². The van der Waals surface area contributed by atoms with E-state index in [0.29, 0.717) is 37.9 Å². The third-order valence-corrected chi connectivity index (χ3v) is 4.75. The van der Waals surface area contributed by atoms with E-state index in [-0.39, 0.29) is 17.9 Å². The number of furan rings is 1. The number of hydrogen-bond acceptors (Lipinski definition) is 6. The first-order valence-corrected chi connectivity index (χ1v) is 8.37. The minimum atomic E-state index is -0.448. The minimum absolute atomic E-state index is 0.00296. The predicted molar refractivity (Wildman–Crippen MR) is 86.7 cm³/mol. The molecule has 7 nitrogen and oxygen atoms in total. The van der Waals surface area contributed by atoms with E-state index in [9.17, 15) is 9.18 Å². The van der Waals surface area contributed by atoms with Crippen molar-refractivity contribution in [3.8, 4) is 0 Å². The molecule has 132 valence electrons. The average molecular weight is 346 g/mol. The summed E-state index contributed by atoms with van der Waals surface area (Å²) < 4.78 is 24.2. The molecule has 0 unspecified atom stereocenters. The second kappa shape index (κ2) is 6.79. The van der Waals surface area contributed by atoms with Crippen LogP contribution in [-0.4, -0.2) is 59.7 Å². The van der Waals surface area contributed by atoms with Gasteiger partial charge in [-0.15, -0.1) is 0 Å². The monoisotopic (exact) mass is 346 g/mol. The number of amides is 1. The van der Waals surface area contributed by atoms with Gasteiger partial charge in [0.2, 0.25) is 5.95 Å². The zero-order valence-corrected chi connectivity index (χ0v) is 13.7. The first kappa shape index (κ1) is 16.0. The molecule has 2 fully saturated rings. The molecule has 0 saturated carbocycles. The number of nitrogens with zero attached hydrogens (tertiary/aromatic N) is 4. The van der Waals surface area contributed by atoms with Gasteiger partial charge in [0.25, 0.3) is 5.91 Å². The Balaban J connectivity index is 1.43. The molecular weight excluding hydrogens is 327 g/mol. The summed E-state index contributed by atoms with van der Waals surface area (Å²) in [5.41, 5.74) is 0. The smallest absolute Gasteiger partial charge is 0.289 e. The molecule has 0 radical (unpaired) electrons. The van der Waals surface area contributed by atoms with Crippen LogP contribution in [0.5, 0.6) is 0 Å². The van der Waals surface area contributed by atoms with Crippen molar-refractivity contribution in [2.24, 2.45) is 5.92 Å². The standard InChI is InChI=1S/C17H19FN4O3/c18-13-8-19-17(20-9-13)22-4-3-12-10-21(5-7-25-15(12)11-22)16(23)14-2-1-6-24-14/h1-2,6,8-9,12,15H,3-5,7,10-11H2/t12-,15-/m0/s1. The van der Waals surface area contributed by atoms with Crippen LogP contribution in [0.25, 0.3) is 0 Å². The first-order valence-electron chi connectivity index (χ1n) is 8.37. The third kappa shape index (κ3) is 3.34. The summed E-state index contributed by atoms with van der Waals surface area (Å²) in [7, 11) is 0. The van der Waals surface area contributed by atoms with Crippen LogP contribution in [-0.2, 0) is 4.74 Å². The van der Waals surface area contributed by atoms with Gasteiger partial charge < -0.3 is 19.0 Å². The zero-order chi connectivity index (χ0) is 17.2. The number of carbonyl (C=O) groups excluding carboxylic acids is 1. The molecule has 2 aromatic rings. The number of anilines is 1. The summed E-state index contributed by atoms with van der Waals surface area (Å²) in [6.07, 6.45) is 4.70. The molecule has 8 heteroatoms. The average Bonchev–Trinajstić information content (AvgIpc) is 3.08. The van der Waals surface area contributed by atoms with E-state index in [2.05, 4.69) is 9.97 Å². The highest BCUT2D eigenvalue weighted by Gasteiger charge is 2.36. The van der Waals surface area contributed by atoms with Crippen LogP contribution < -0.4 is 4.90 Å². The summed E-state index contributed by atoms with van der Waals surface area (Å²) in [5, 5.41) is 0. The summed E-state index contributed by atoms with van der Waals surface area (Å²) in [5.74, 6) is 0.569. The molecule has 2 aliphatic heterocycles. The summed E-state index contributed by atoms with van der Waals surface area (Å²) >= 11 is 0. The minimum Gasteiger partial charge on any atom is -0.459 e. The van der Waals surface area contributed by atoms with Crippen LogP contribution in [0.15, 0.2) is 35.2 Å². The van der Waals surface area contributed by atoms with E-state index in [0.717, 1.165) is 13.0 Å². The molecule has 25 heavy (non-hydrogen) atoms. The van der Waals surface area contributed by atoms with Gasteiger partial charge in [-0.1, -0.05) is 0 Å². The van der Waals surface area contributed by atoms with Crippen LogP contribution in [0.3, 0.4) is 0 Å². The number of ether oxygens (including phenoxy) is 1. The van der Waals surface area contributed by atoms with Gasteiger partial charge in [-0.3, -0.25) is 4.79 Å². The maximum absolute atomic E-state index is 13.0.